The van der Waals surface area contributed by atoms with Gasteiger partial charge in [0.2, 0.25) is 0 Å². The highest BCUT2D eigenvalue weighted by atomic mass is 19.4. The van der Waals surface area contributed by atoms with Crippen LogP contribution in [0.4, 0.5) is 26.3 Å². The van der Waals surface area contributed by atoms with Crippen LogP contribution in [0.25, 0.3) is 39.0 Å². The molecule has 12 heteroatoms. The van der Waals surface area contributed by atoms with Crippen molar-refractivity contribution in [1.82, 2.24) is 0 Å². The zero-order valence-corrected chi connectivity index (χ0v) is 21.8. The van der Waals surface area contributed by atoms with E-state index in [1.165, 1.54) is 60.7 Å². The molecule has 0 spiro atoms. The lowest BCUT2D eigenvalue weighted by Crippen LogP contribution is -2.17. The number of ether oxygens (including phenoxy) is 2. The Balaban J connectivity index is 1.81. The van der Waals surface area contributed by atoms with Gasteiger partial charge < -0.3 is 9.47 Å². The van der Waals surface area contributed by atoms with Crippen molar-refractivity contribution >= 4 is 5.57 Å². The van der Waals surface area contributed by atoms with Gasteiger partial charge in [0.15, 0.2) is 0 Å². The zero-order valence-electron chi connectivity index (χ0n) is 21.8. The average Bonchev–Trinajstić information content (AvgIpc) is 3.27. The monoisotopic (exact) mass is 598 g/mol. The fraction of sp³-hybridized carbons (Fsp3) is 0.0625. The molecule has 0 fully saturated rings. The van der Waals surface area contributed by atoms with E-state index in [4.69, 9.17) is 0 Å². The predicted molar refractivity (Wildman–Crippen MR) is 143 cm³/mol. The molecule has 0 atom stereocenters. The van der Waals surface area contributed by atoms with Gasteiger partial charge in [-0.25, -0.2) is 0 Å². The SMILES string of the molecule is N#CC(C#N)=C1c2cc(-c3ccccc3OC(F)(F)F)c(C#N)cc2-c2cc(C#N)c(-c3ccccc3OC(F)(F)F)cc21. The molecule has 214 valence electrons. The van der Waals surface area contributed by atoms with Gasteiger partial charge in [-0.1, -0.05) is 36.4 Å². The second kappa shape index (κ2) is 10.9. The van der Waals surface area contributed by atoms with Crippen LogP contribution in [0.2, 0.25) is 0 Å². The van der Waals surface area contributed by atoms with Crippen molar-refractivity contribution in [3.05, 3.63) is 101 Å². The van der Waals surface area contributed by atoms with Crippen LogP contribution in [0.3, 0.4) is 0 Å². The maximum Gasteiger partial charge on any atom is 0.573 e. The van der Waals surface area contributed by atoms with Gasteiger partial charge in [-0.05, 0) is 58.7 Å². The second-order valence-corrected chi connectivity index (χ2v) is 9.17. The van der Waals surface area contributed by atoms with Crippen LogP contribution in [0.15, 0.2) is 78.4 Å². The van der Waals surface area contributed by atoms with Crippen LogP contribution in [0.5, 0.6) is 11.5 Å². The first-order chi connectivity index (χ1) is 20.9. The van der Waals surface area contributed by atoms with E-state index in [2.05, 4.69) is 9.47 Å². The standard InChI is InChI=1S/C32H12F6N4O2/c33-31(34,35)43-28-7-3-1-5-20(28)22-11-26-24(9-17(22)13-39)25-10-18(14-40)23(12-27(25)30(26)19(15-41)16-42)21-6-2-4-8-29(21)44-32(36,37)38/h1-12H. The molecule has 0 aromatic heterocycles. The van der Waals surface area contributed by atoms with E-state index in [-0.39, 0.29) is 61.2 Å². The van der Waals surface area contributed by atoms with Crippen molar-refractivity contribution in [2.45, 2.75) is 12.7 Å². The van der Waals surface area contributed by atoms with Gasteiger partial charge in [0.1, 0.15) is 29.2 Å². The quantitative estimate of drug-likeness (QED) is 0.152. The Morgan fingerprint density at radius 3 is 1.23 bits per heavy atom. The molecule has 0 saturated carbocycles. The van der Waals surface area contributed by atoms with Crippen molar-refractivity contribution < 1.29 is 35.8 Å². The molecule has 44 heavy (non-hydrogen) atoms. The summed E-state index contributed by atoms with van der Waals surface area (Å²) in [6, 6.07) is 23.0. The number of allylic oxidation sites excluding steroid dienone is 1. The van der Waals surface area contributed by atoms with Gasteiger partial charge >= 0.3 is 12.7 Å². The second-order valence-electron chi connectivity index (χ2n) is 9.17. The summed E-state index contributed by atoms with van der Waals surface area (Å²) in [5.74, 6) is -1.21. The van der Waals surface area contributed by atoms with E-state index in [1.54, 1.807) is 12.1 Å². The molecule has 0 N–H and O–H groups in total. The third-order valence-corrected chi connectivity index (χ3v) is 6.66. The molecule has 0 radical (unpaired) electrons. The first-order valence-electron chi connectivity index (χ1n) is 12.3. The summed E-state index contributed by atoms with van der Waals surface area (Å²) >= 11 is 0. The van der Waals surface area contributed by atoms with Crippen LogP contribution in [-0.4, -0.2) is 12.7 Å². The van der Waals surface area contributed by atoms with Gasteiger partial charge in [-0.15, -0.1) is 26.3 Å². The minimum Gasteiger partial charge on any atom is -0.405 e. The van der Waals surface area contributed by atoms with Crippen molar-refractivity contribution in [2.24, 2.45) is 0 Å². The summed E-state index contributed by atoms with van der Waals surface area (Å²) in [6.45, 7) is 0. The van der Waals surface area contributed by atoms with E-state index in [0.717, 1.165) is 12.1 Å². The number of hydrogen-bond acceptors (Lipinski definition) is 6. The van der Waals surface area contributed by atoms with E-state index < -0.39 is 29.8 Å². The molecule has 1 aliphatic carbocycles. The molecule has 4 aromatic carbocycles. The molecule has 5 rings (SSSR count). The van der Waals surface area contributed by atoms with E-state index >= 15 is 0 Å². The summed E-state index contributed by atoms with van der Waals surface area (Å²) in [7, 11) is 0. The van der Waals surface area contributed by atoms with Crippen LogP contribution >= 0.6 is 0 Å². The molecular formula is C32H12F6N4O2. The summed E-state index contributed by atoms with van der Waals surface area (Å²) in [5, 5.41) is 39.6. The smallest absolute Gasteiger partial charge is 0.405 e. The summed E-state index contributed by atoms with van der Waals surface area (Å²) in [6.07, 6.45) is -10.1. The molecule has 6 nitrogen and oxygen atoms in total. The highest BCUT2D eigenvalue weighted by molar-refractivity contribution is 6.07. The fourth-order valence-electron chi connectivity index (χ4n) is 5.05. The number of fused-ring (bicyclic) bond motifs is 3. The first-order valence-corrected chi connectivity index (χ1v) is 12.3. The number of benzene rings is 4. The van der Waals surface area contributed by atoms with Gasteiger partial charge in [0.25, 0.3) is 0 Å². The molecule has 1 aliphatic rings. The Hall–Kier alpha value is -6.24. The van der Waals surface area contributed by atoms with Gasteiger partial charge in [0, 0.05) is 27.8 Å². The summed E-state index contributed by atoms with van der Waals surface area (Å²) in [5.41, 5.74) is 0.101. The van der Waals surface area contributed by atoms with Gasteiger partial charge in [-0.2, -0.15) is 21.0 Å². The van der Waals surface area contributed by atoms with Crippen LogP contribution in [0, 0.1) is 45.3 Å². The number of para-hydroxylation sites is 2. The normalized spacial score (nSPS) is 11.7. The minimum absolute atomic E-state index is 0.00344. The van der Waals surface area contributed by atoms with Gasteiger partial charge in [0.05, 0.1) is 23.3 Å². The Bertz CT molecular complexity index is 1910. The number of halogens is 6. The predicted octanol–water partition coefficient (Wildman–Crippen LogP) is 8.39. The van der Waals surface area contributed by atoms with Crippen molar-refractivity contribution in [3.8, 4) is 69.2 Å². The van der Waals surface area contributed by atoms with Crippen LogP contribution in [0.1, 0.15) is 22.3 Å². The maximum absolute atomic E-state index is 13.2. The van der Waals surface area contributed by atoms with Crippen LogP contribution < -0.4 is 9.47 Å². The number of nitrogens with zero attached hydrogens (tertiary/aromatic N) is 4. The Kier molecular flexibility index (Phi) is 7.23. The summed E-state index contributed by atoms with van der Waals surface area (Å²) < 4.78 is 87.4. The Labute approximate surface area is 245 Å². The van der Waals surface area contributed by atoms with Crippen molar-refractivity contribution in [2.75, 3.05) is 0 Å². The molecule has 0 amide bonds. The Morgan fingerprint density at radius 1 is 0.500 bits per heavy atom. The number of rotatable bonds is 4. The molecule has 0 saturated heterocycles. The van der Waals surface area contributed by atoms with Crippen molar-refractivity contribution in [3.63, 3.8) is 0 Å². The Morgan fingerprint density at radius 2 is 0.886 bits per heavy atom. The molecule has 0 heterocycles. The fourth-order valence-corrected chi connectivity index (χ4v) is 5.05. The van der Waals surface area contributed by atoms with Crippen LogP contribution in [-0.2, 0) is 0 Å². The molecule has 0 aliphatic heterocycles. The maximum atomic E-state index is 13.2. The third-order valence-electron chi connectivity index (χ3n) is 6.66. The lowest BCUT2D eigenvalue weighted by atomic mass is 9.91. The third kappa shape index (κ3) is 5.36. The zero-order chi connectivity index (χ0) is 31.8. The van der Waals surface area contributed by atoms with E-state index in [1.807, 2.05) is 12.1 Å². The highest BCUT2D eigenvalue weighted by Gasteiger charge is 2.35. The minimum atomic E-state index is -5.05. The molecule has 4 aromatic rings. The number of alkyl halides is 6. The van der Waals surface area contributed by atoms with Gasteiger partial charge in [-0.3, -0.25) is 0 Å². The molecule has 0 bridgehead atoms. The van der Waals surface area contributed by atoms with E-state index in [0.29, 0.717) is 0 Å². The largest absolute Gasteiger partial charge is 0.573 e. The molecule has 0 unspecified atom stereocenters. The number of hydrogen-bond donors (Lipinski definition) is 0. The van der Waals surface area contributed by atoms with Crippen molar-refractivity contribution in [1.29, 1.82) is 21.0 Å². The average molecular weight is 598 g/mol. The summed E-state index contributed by atoms with van der Waals surface area (Å²) in [4.78, 5) is 0. The highest BCUT2D eigenvalue weighted by Crippen LogP contribution is 2.51. The topological polar surface area (TPSA) is 114 Å². The van der Waals surface area contributed by atoms with E-state index in [9.17, 15) is 47.4 Å². The lowest BCUT2D eigenvalue weighted by molar-refractivity contribution is -0.275. The molecular weight excluding hydrogens is 586 g/mol. The first kappa shape index (κ1) is 29.3. The lowest BCUT2D eigenvalue weighted by Gasteiger charge is -2.15. The number of nitriles is 4.